The highest BCUT2D eigenvalue weighted by molar-refractivity contribution is 6.53. The minimum atomic E-state index is -6.34. The predicted molar refractivity (Wildman–Crippen MR) is 52.6 cm³/mol. The van der Waals surface area contributed by atoms with Gasteiger partial charge in [-0.3, -0.25) is 17.7 Å². The molecule has 0 aliphatic rings. The fourth-order valence-corrected chi connectivity index (χ4v) is 3.01. The summed E-state index contributed by atoms with van der Waals surface area (Å²) in [6, 6.07) is 0. The van der Waals surface area contributed by atoms with E-state index in [1.807, 2.05) is 0 Å². The van der Waals surface area contributed by atoms with Crippen LogP contribution in [0.15, 0.2) is 0 Å². The Morgan fingerprint density at radius 2 is 0.619 bits per heavy atom. The Morgan fingerprint density at radius 1 is 0.476 bits per heavy atom. The summed E-state index contributed by atoms with van der Waals surface area (Å²) in [6.07, 6.45) is -17.7. The van der Waals surface area contributed by atoms with Crippen molar-refractivity contribution in [3.05, 3.63) is 0 Å². The molecule has 0 aromatic carbocycles. The standard InChI is InChI=1S/C8H12F8O4Si/c1-5(9,10)17-21(18-6(2,11)12,19-7(3,13)14)20-8(4,15)16/h1-4H3. The van der Waals surface area contributed by atoms with Gasteiger partial charge in [-0.15, -0.1) is 0 Å². The van der Waals surface area contributed by atoms with E-state index < -0.39 is 33.5 Å². The quantitative estimate of drug-likeness (QED) is 0.490. The van der Waals surface area contributed by atoms with E-state index in [-0.39, 0.29) is 27.7 Å². The summed E-state index contributed by atoms with van der Waals surface area (Å²) in [5.41, 5.74) is 0. The second kappa shape index (κ2) is 5.95. The van der Waals surface area contributed by atoms with Gasteiger partial charge in [-0.1, -0.05) is 0 Å². The maximum absolute atomic E-state index is 12.8. The molecule has 0 rings (SSSR count). The second-order valence-corrected chi connectivity index (χ2v) is 5.96. The molecular weight excluding hydrogens is 340 g/mol. The summed E-state index contributed by atoms with van der Waals surface area (Å²) >= 11 is 0. The van der Waals surface area contributed by atoms with Gasteiger partial charge in [-0.2, -0.15) is 35.1 Å². The first-order valence-corrected chi connectivity index (χ1v) is 6.78. The number of halogens is 8. The van der Waals surface area contributed by atoms with E-state index in [1.165, 1.54) is 0 Å². The van der Waals surface area contributed by atoms with Crippen LogP contribution in [-0.4, -0.2) is 33.5 Å². The fourth-order valence-electron chi connectivity index (χ4n) is 1.00. The molecule has 21 heavy (non-hydrogen) atoms. The lowest BCUT2D eigenvalue weighted by molar-refractivity contribution is -0.326. The van der Waals surface area contributed by atoms with Gasteiger partial charge in [0.25, 0.3) is 0 Å². The van der Waals surface area contributed by atoms with Gasteiger partial charge in [0.2, 0.25) is 0 Å². The molecule has 4 nitrogen and oxygen atoms in total. The van der Waals surface area contributed by atoms with Crippen LogP contribution in [-0.2, 0) is 17.7 Å². The average Bonchev–Trinajstić information content (AvgIpc) is 1.83. The van der Waals surface area contributed by atoms with Gasteiger partial charge in [-0.05, 0) is 0 Å². The third-order valence-electron chi connectivity index (χ3n) is 1.22. The summed E-state index contributed by atoms with van der Waals surface area (Å²) < 4.78 is 116. The van der Waals surface area contributed by atoms with Crippen LogP contribution in [0.4, 0.5) is 35.1 Å². The number of alkyl halides is 8. The Labute approximate surface area is 115 Å². The van der Waals surface area contributed by atoms with Crippen molar-refractivity contribution < 1.29 is 52.8 Å². The van der Waals surface area contributed by atoms with Crippen molar-refractivity contribution in [3.8, 4) is 0 Å². The lowest BCUT2D eigenvalue weighted by Gasteiger charge is -2.34. The third kappa shape index (κ3) is 10.8. The molecule has 0 saturated heterocycles. The van der Waals surface area contributed by atoms with Crippen molar-refractivity contribution in [1.29, 1.82) is 0 Å². The molecule has 0 aliphatic carbocycles. The van der Waals surface area contributed by atoms with Crippen molar-refractivity contribution in [2.24, 2.45) is 0 Å². The first-order chi connectivity index (χ1) is 8.83. The molecule has 0 radical (unpaired) electrons. The normalized spacial score (nSPS) is 15.4. The molecule has 0 unspecified atom stereocenters. The van der Waals surface area contributed by atoms with Crippen molar-refractivity contribution >= 4 is 9.05 Å². The Balaban J connectivity index is 5.70. The summed E-state index contributed by atoms with van der Waals surface area (Å²) in [5, 5.41) is 0. The fraction of sp³-hybridized carbons (Fsp3) is 1.00. The van der Waals surface area contributed by atoms with Gasteiger partial charge in [0.1, 0.15) is 0 Å². The summed E-state index contributed by atoms with van der Waals surface area (Å²) in [7, 11) is -6.34. The summed E-state index contributed by atoms with van der Waals surface area (Å²) in [6.45, 7) is -0.332. The molecule has 0 atom stereocenters. The maximum atomic E-state index is 12.8. The van der Waals surface area contributed by atoms with Crippen molar-refractivity contribution in [1.82, 2.24) is 0 Å². The highest BCUT2D eigenvalue weighted by Crippen LogP contribution is 2.36. The lowest BCUT2D eigenvalue weighted by atomic mass is 10.8. The van der Waals surface area contributed by atoms with Gasteiger partial charge in [0.05, 0.1) is 0 Å². The van der Waals surface area contributed by atoms with Crippen molar-refractivity contribution in [2.45, 2.75) is 52.1 Å². The van der Waals surface area contributed by atoms with E-state index in [2.05, 4.69) is 17.7 Å². The van der Waals surface area contributed by atoms with Crippen LogP contribution in [0.25, 0.3) is 0 Å². The largest absolute Gasteiger partial charge is 0.697 e. The molecular formula is C8H12F8O4Si. The third-order valence-corrected chi connectivity index (χ3v) is 3.65. The van der Waals surface area contributed by atoms with Crippen LogP contribution >= 0.6 is 0 Å². The minimum absolute atomic E-state index is 0.0831. The summed E-state index contributed by atoms with van der Waals surface area (Å²) in [4.78, 5) is 0. The lowest BCUT2D eigenvalue weighted by Crippen LogP contribution is -2.60. The molecule has 128 valence electrons. The molecule has 13 heteroatoms. The molecule has 0 fully saturated rings. The van der Waals surface area contributed by atoms with Crippen molar-refractivity contribution in [2.75, 3.05) is 0 Å². The molecule has 0 saturated carbocycles. The minimum Gasteiger partial charge on any atom is -0.290 e. The second-order valence-electron chi connectivity index (χ2n) is 4.14. The van der Waals surface area contributed by atoms with Gasteiger partial charge < -0.3 is 0 Å². The zero-order valence-corrected chi connectivity index (χ0v) is 12.2. The van der Waals surface area contributed by atoms with Crippen LogP contribution in [0, 0.1) is 0 Å². The predicted octanol–water partition coefficient (Wildman–Crippen LogP) is 3.94. The van der Waals surface area contributed by atoms with E-state index in [1.54, 1.807) is 0 Å². The zero-order chi connectivity index (χ0) is 17.3. The van der Waals surface area contributed by atoms with Crippen LogP contribution in [0.2, 0.25) is 0 Å². The first kappa shape index (κ1) is 20.5. The number of hydrogen-bond donors (Lipinski definition) is 0. The van der Waals surface area contributed by atoms with E-state index in [0.29, 0.717) is 0 Å². The van der Waals surface area contributed by atoms with Crippen LogP contribution in [0.1, 0.15) is 27.7 Å². The van der Waals surface area contributed by atoms with Gasteiger partial charge >= 0.3 is 33.5 Å². The SMILES string of the molecule is CC(F)(F)O[Si](OC(C)(F)F)(OC(C)(F)F)OC(C)(F)F. The van der Waals surface area contributed by atoms with Crippen LogP contribution in [0.3, 0.4) is 0 Å². The van der Waals surface area contributed by atoms with Gasteiger partial charge in [0, 0.05) is 27.7 Å². The van der Waals surface area contributed by atoms with Gasteiger partial charge in [0.15, 0.2) is 0 Å². The highest BCUT2D eigenvalue weighted by Gasteiger charge is 2.64. The van der Waals surface area contributed by atoms with E-state index in [0.717, 1.165) is 0 Å². The molecule has 0 amide bonds. The molecule has 0 aliphatic heterocycles. The average molecular weight is 352 g/mol. The molecule has 0 spiro atoms. The maximum Gasteiger partial charge on any atom is 0.697 e. The Morgan fingerprint density at radius 3 is 0.714 bits per heavy atom. The zero-order valence-electron chi connectivity index (χ0n) is 11.2. The number of rotatable bonds is 8. The van der Waals surface area contributed by atoms with Crippen LogP contribution in [0.5, 0.6) is 0 Å². The molecule has 0 N–H and O–H groups in total. The van der Waals surface area contributed by atoms with Crippen molar-refractivity contribution in [3.63, 3.8) is 0 Å². The van der Waals surface area contributed by atoms with E-state index in [9.17, 15) is 35.1 Å². The Hall–Kier alpha value is -0.503. The highest BCUT2D eigenvalue weighted by atomic mass is 28.4. The smallest absolute Gasteiger partial charge is 0.290 e. The van der Waals surface area contributed by atoms with Gasteiger partial charge in [-0.25, -0.2) is 0 Å². The van der Waals surface area contributed by atoms with E-state index in [4.69, 9.17) is 0 Å². The molecule has 0 bridgehead atoms. The molecule has 0 aromatic heterocycles. The van der Waals surface area contributed by atoms with Crippen LogP contribution < -0.4 is 0 Å². The Bertz CT molecular complexity index is 273. The molecule has 0 heterocycles. The Kier molecular flexibility index (Phi) is 5.80. The molecule has 0 aromatic rings. The number of hydrogen-bond acceptors (Lipinski definition) is 4. The monoisotopic (exact) mass is 352 g/mol. The van der Waals surface area contributed by atoms with E-state index >= 15 is 0 Å². The topological polar surface area (TPSA) is 36.9 Å². The summed E-state index contributed by atoms with van der Waals surface area (Å²) in [5.74, 6) is 0. The first-order valence-electron chi connectivity index (χ1n) is 5.14.